The predicted molar refractivity (Wildman–Crippen MR) is 153 cm³/mol. The smallest absolute Gasteiger partial charge is 0.0518 e. The van der Waals surface area contributed by atoms with Crippen molar-refractivity contribution in [1.82, 2.24) is 4.90 Å². The molecule has 1 aliphatic rings. The molecule has 1 rings (SSSR count). The van der Waals surface area contributed by atoms with E-state index in [1.807, 2.05) is 0 Å². The average Bonchev–Trinajstić information content (AvgIpc) is 2.82. The van der Waals surface area contributed by atoms with Crippen LogP contribution in [-0.2, 0) is 4.74 Å². The van der Waals surface area contributed by atoms with Crippen LogP contribution in [0.25, 0.3) is 0 Å². The standard InChI is InChI=1S/C32H65NO/c1-5-9-13-17-21-30(22-18-14-10-6-2)25-33-26-32(27-33)29-34-28-31(23-19-15-11-7-3)24-20-16-12-8-4/h30-32H,5-29H2,1-4H3. The van der Waals surface area contributed by atoms with E-state index in [1.165, 1.54) is 148 Å². The number of rotatable bonds is 26. The fourth-order valence-corrected chi connectivity index (χ4v) is 5.77. The summed E-state index contributed by atoms with van der Waals surface area (Å²) in [4.78, 5) is 2.74. The average molecular weight is 480 g/mol. The van der Waals surface area contributed by atoms with Gasteiger partial charge >= 0.3 is 0 Å². The lowest BCUT2D eigenvalue weighted by molar-refractivity contribution is -0.00628. The molecule has 0 aromatic carbocycles. The quantitative estimate of drug-likeness (QED) is 0.114. The first-order valence-corrected chi connectivity index (χ1v) is 16.0. The zero-order valence-electron chi connectivity index (χ0n) is 24.3. The highest BCUT2D eigenvalue weighted by molar-refractivity contribution is 4.81. The van der Waals surface area contributed by atoms with Crippen LogP contribution in [0.5, 0.6) is 0 Å². The summed E-state index contributed by atoms with van der Waals surface area (Å²) in [6, 6.07) is 0. The summed E-state index contributed by atoms with van der Waals surface area (Å²) in [5, 5.41) is 0. The number of hydrogen-bond donors (Lipinski definition) is 0. The summed E-state index contributed by atoms with van der Waals surface area (Å²) >= 11 is 0. The largest absolute Gasteiger partial charge is 0.381 e. The monoisotopic (exact) mass is 480 g/mol. The summed E-state index contributed by atoms with van der Waals surface area (Å²) in [7, 11) is 0. The molecule has 2 heteroatoms. The molecule has 0 atom stereocenters. The lowest BCUT2D eigenvalue weighted by atomic mass is 9.91. The molecule has 0 bridgehead atoms. The first-order chi connectivity index (χ1) is 16.7. The Balaban J connectivity index is 2.24. The van der Waals surface area contributed by atoms with Gasteiger partial charge in [0.05, 0.1) is 6.61 Å². The predicted octanol–water partition coefficient (Wildman–Crippen LogP) is 10.0. The molecule has 0 amide bonds. The second-order valence-corrected chi connectivity index (χ2v) is 11.8. The third kappa shape index (κ3) is 17.4. The van der Waals surface area contributed by atoms with Crippen molar-refractivity contribution in [2.24, 2.45) is 17.8 Å². The van der Waals surface area contributed by atoms with Crippen molar-refractivity contribution < 1.29 is 4.74 Å². The van der Waals surface area contributed by atoms with Crippen LogP contribution in [0.4, 0.5) is 0 Å². The Morgan fingerprint density at radius 1 is 0.559 bits per heavy atom. The lowest BCUT2D eigenvalue weighted by Crippen LogP contribution is -2.50. The highest BCUT2D eigenvalue weighted by Crippen LogP contribution is 2.25. The van der Waals surface area contributed by atoms with Crippen molar-refractivity contribution in [3.05, 3.63) is 0 Å². The Morgan fingerprint density at radius 3 is 1.38 bits per heavy atom. The lowest BCUT2D eigenvalue weighted by Gasteiger charge is -2.41. The van der Waals surface area contributed by atoms with E-state index in [0.29, 0.717) is 0 Å². The second-order valence-electron chi connectivity index (χ2n) is 11.8. The van der Waals surface area contributed by atoms with E-state index in [9.17, 15) is 0 Å². The molecular formula is C32H65NO. The van der Waals surface area contributed by atoms with Crippen molar-refractivity contribution in [1.29, 1.82) is 0 Å². The summed E-state index contributed by atoms with van der Waals surface area (Å²) in [5.74, 6) is 2.54. The number of hydrogen-bond acceptors (Lipinski definition) is 2. The number of ether oxygens (including phenoxy) is 1. The van der Waals surface area contributed by atoms with E-state index in [2.05, 4.69) is 32.6 Å². The van der Waals surface area contributed by atoms with Gasteiger partial charge in [-0.25, -0.2) is 0 Å². The van der Waals surface area contributed by atoms with Crippen LogP contribution in [0.3, 0.4) is 0 Å². The van der Waals surface area contributed by atoms with E-state index in [0.717, 1.165) is 31.0 Å². The molecule has 1 fully saturated rings. The minimum atomic E-state index is 0.793. The number of unbranched alkanes of at least 4 members (excludes halogenated alkanes) is 12. The van der Waals surface area contributed by atoms with E-state index in [1.54, 1.807) is 0 Å². The molecule has 204 valence electrons. The maximum absolute atomic E-state index is 6.32. The SMILES string of the molecule is CCCCCCC(CCCCCC)COCC1CN(CC(CCCCCC)CCCCCC)C1. The molecular weight excluding hydrogens is 414 g/mol. The van der Waals surface area contributed by atoms with E-state index in [4.69, 9.17) is 4.74 Å². The molecule has 2 nitrogen and oxygen atoms in total. The first kappa shape index (κ1) is 31.9. The topological polar surface area (TPSA) is 12.5 Å². The Labute approximate surface area is 216 Å². The molecule has 1 aliphatic heterocycles. The molecule has 0 N–H and O–H groups in total. The van der Waals surface area contributed by atoms with Gasteiger partial charge in [-0.2, -0.15) is 0 Å². The molecule has 0 saturated carbocycles. The van der Waals surface area contributed by atoms with Crippen LogP contribution in [0.2, 0.25) is 0 Å². The molecule has 0 spiro atoms. The molecule has 1 saturated heterocycles. The molecule has 0 unspecified atom stereocenters. The highest BCUT2D eigenvalue weighted by Gasteiger charge is 2.28. The van der Waals surface area contributed by atoms with Crippen LogP contribution >= 0.6 is 0 Å². The van der Waals surface area contributed by atoms with Gasteiger partial charge < -0.3 is 9.64 Å². The van der Waals surface area contributed by atoms with Gasteiger partial charge in [-0.3, -0.25) is 0 Å². The van der Waals surface area contributed by atoms with Crippen molar-refractivity contribution in [2.75, 3.05) is 32.8 Å². The molecule has 0 aromatic heterocycles. The van der Waals surface area contributed by atoms with Gasteiger partial charge in [0.2, 0.25) is 0 Å². The normalized spacial score (nSPS) is 15.0. The van der Waals surface area contributed by atoms with Crippen molar-refractivity contribution in [3.8, 4) is 0 Å². The fraction of sp³-hybridized carbons (Fsp3) is 1.00. The van der Waals surface area contributed by atoms with E-state index >= 15 is 0 Å². The van der Waals surface area contributed by atoms with Crippen molar-refractivity contribution in [2.45, 2.75) is 156 Å². The number of likely N-dealkylation sites (tertiary alicyclic amines) is 1. The van der Waals surface area contributed by atoms with Gasteiger partial charge in [0.15, 0.2) is 0 Å². The zero-order chi connectivity index (χ0) is 24.7. The third-order valence-corrected chi connectivity index (χ3v) is 8.12. The van der Waals surface area contributed by atoms with Gasteiger partial charge in [0.25, 0.3) is 0 Å². The summed E-state index contributed by atoms with van der Waals surface area (Å²) in [5.41, 5.74) is 0. The molecule has 34 heavy (non-hydrogen) atoms. The zero-order valence-corrected chi connectivity index (χ0v) is 24.3. The van der Waals surface area contributed by atoms with Gasteiger partial charge in [-0.05, 0) is 37.5 Å². The summed E-state index contributed by atoms with van der Waals surface area (Å²) in [6.07, 6.45) is 28.2. The molecule has 1 heterocycles. The van der Waals surface area contributed by atoms with Crippen molar-refractivity contribution >= 4 is 0 Å². The number of nitrogens with zero attached hydrogens (tertiary/aromatic N) is 1. The Kier molecular flexibility index (Phi) is 21.9. The fourth-order valence-electron chi connectivity index (χ4n) is 5.77. The van der Waals surface area contributed by atoms with Crippen LogP contribution < -0.4 is 0 Å². The highest BCUT2D eigenvalue weighted by atomic mass is 16.5. The molecule has 0 aliphatic carbocycles. The van der Waals surface area contributed by atoms with E-state index in [-0.39, 0.29) is 0 Å². The third-order valence-electron chi connectivity index (χ3n) is 8.12. The molecule has 0 radical (unpaired) electrons. The van der Waals surface area contributed by atoms with Gasteiger partial charge in [-0.1, -0.05) is 130 Å². The second kappa shape index (κ2) is 23.3. The van der Waals surface area contributed by atoms with E-state index < -0.39 is 0 Å². The Hall–Kier alpha value is -0.0800. The minimum Gasteiger partial charge on any atom is -0.381 e. The molecule has 0 aromatic rings. The first-order valence-electron chi connectivity index (χ1n) is 16.0. The van der Waals surface area contributed by atoms with Crippen LogP contribution in [-0.4, -0.2) is 37.7 Å². The minimum absolute atomic E-state index is 0.793. The van der Waals surface area contributed by atoms with Crippen molar-refractivity contribution in [3.63, 3.8) is 0 Å². The van der Waals surface area contributed by atoms with Gasteiger partial charge in [0.1, 0.15) is 0 Å². The Bertz CT molecular complexity index is 379. The summed E-state index contributed by atoms with van der Waals surface area (Å²) < 4.78 is 6.32. The maximum atomic E-state index is 6.32. The van der Waals surface area contributed by atoms with Crippen LogP contribution in [0.1, 0.15) is 156 Å². The van der Waals surface area contributed by atoms with Crippen LogP contribution in [0, 0.1) is 17.8 Å². The maximum Gasteiger partial charge on any atom is 0.0518 e. The summed E-state index contributed by atoms with van der Waals surface area (Å²) in [6.45, 7) is 15.2. The van der Waals surface area contributed by atoms with Crippen LogP contribution in [0.15, 0.2) is 0 Å². The van der Waals surface area contributed by atoms with Gasteiger partial charge in [-0.15, -0.1) is 0 Å². The Morgan fingerprint density at radius 2 is 0.971 bits per heavy atom. The van der Waals surface area contributed by atoms with Gasteiger partial charge in [0, 0.05) is 32.2 Å².